The number of nitrogen functional groups attached to an aromatic ring is 1. The molecule has 0 fully saturated rings. The van der Waals surface area contributed by atoms with E-state index in [1.807, 2.05) is 32.2 Å². The smallest absolute Gasteiger partial charge is 0.131 e. The van der Waals surface area contributed by atoms with Crippen molar-refractivity contribution in [2.24, 2.45) is 0 Å². The van der Waals surface area contributed by atoms with Crippen molar-refractivity contribution in [1.82, 2.24) is 19.9 Å². The Bertz CT molecular complexity index is 1360. The van der Waals surface area contributed by atoms with Crippen LogP contribution in [0.5, 0.6) is 0 Å². The molecule has 34 heavy (non-hydrogen) atoms. The van der Waals surface area contributed by atoms with Gasteiger partial charge >= 0.3 is 0 Å². The van der Waals surface area contributed by atoms with Crippen molar-refractivity contribution in [2.45, 2.75) is 20.3 Å². The van der Waals surface area contributed by atoms with Crippen LogP contribution in [0.15, 0.2) is 73.7 Å². The Morgan fingerprint density at radius 3 is 2.65 bits per heavy atom. The number of terminal acetylenes is 1. The number of aromatic amines is 1. The second-order valence-electron chi connectivity index (χ2n) is 7.59. The van der Waals surface area contributed by atoms with Gasteiger partial charge in [-0.2, -0.15) is 0 Å². The first kappa shape index (κ1) is 24.1. The van der Waals surface area contributed by atoms with Crippen molar-refractivity contribution in [3.63, 3.8) is 0 Å². The van der Waals surface area contributed by atoms with Gasteiger partial charge in [-0.3, -0.25) is 4.98 Å². The van der Waals surface area contributed by atoms with Crippen LogP contribution in [0.3, 0.4) is 0 Å². The summed E-state index contributed by atoms with van der Waals surface area (Å²) in [6.07, 6.45) is 17.2. The first-order chi connectivity index (χ1) is 16.5. The molecular formula is C28H26FN5. The number of benzene rings is 1. The Labute approximate surface area is 199 Å². The van der Waals surface area contributed by atoms with Crippen molar-refractivity contribution in [3.05, 3.63) is 113 Å². The average molecular weight is 452 g/mol. The highest BCUT2D eigenvalue weighted by atomic mass is 19.1. The second kappa shape index (κ2) is 10.9. The summed E-state index contributed by atoms with van der Waals surface area (Å²) in [5.41, 5.74) is 12.7. The predicted molar refractivity (Wildman–Crippen MR) is 136 cm³/mol. The first-order valence-electron chi connectivity index (χ1n) is 10.6. The maximum Gasteiger partial charge on any atom is 0.131 e. The molecule has 4 rings (SSSR count). The van der Waals surface area contributed by atoms with E-state index < -0.39 is 0 Å². The third-order valence-electron chi connectivity index (χ3n) is 5.35. The molecule has 6 heteroatoms. The third kappa shape index (κ3) is 5.11. The maximum atomic E-state index is 14.5. The van der Waals surface area contributed by atoms with Crippen LogP contribution in [0.2, 0.25) is 0 Å². The number of halogens is 1. The van der Waals surface area contributed by atoms with Gasteiger partial charge in [-0.1, -0.05) is 36.9 Å². The fraction of sp³-hybridized carbons (Fsp3) is 0.107. The van der Waals surface area contributed by atoms with E-state index in [9.17, 15) is 4.39 Å². The number of anilines is 1. The Hall–Kier alpha value is -4.50. The van der Waals surface area contributed by atoms with Gasteiger partial charge in [0.1, 0.15) is 17.5 Å². The van der Waals surface area contributed by atoms with Gasteiger partial charge in [-0.15, -0.1) is 12.8 Å². The Balaban J connectivity index is 0.00000158. The Morgan fingerprint density at radius 1 is 1.18 bits per heavy atom. The number of nitrogens with zero attached hydrogens (tertiary/aromatic N) is 3. The molecule has 4 aromatic rings. The molecule has 0 bridgehead atoms. The summed E-state index contributed by atoms with van der Waals surface area (Å²) in [5, 5.41) is 0. The van der Waals surface area contributed by atoms with Gasteiger partial charge in [0.05, 0.1) is 5.69 Å². The molecule has 0 saturated carbocycles. The second-order valence-corrected chi connectivity index (χ2v) is 7.59. The molecule has 170 valence electrons. The number of nitrogens with one attached hydrogen (secondary N) is 1. The maximum absolute atomic E-state index is 14.5. The van der Waals surface area contributed by atoms with E-state index in [0.717, 1.165) is 33.8 Å². The van der Waals surface area contributed by atoms with Gasteiger partial charge in [0.25, 0.3) is 0 Å². The van der Waals surface area contributed by atoms with Gasteiger partial charge in [-0.25, -0.2) is 14.4 Å². The largest absolute Gasteiger partial charge is 0.383 e. The molecule has 0 aliphatic carbocycles. The predicted octanol–water partition coefficient (Wildman–Crippen LogP) is 5.66. The van der Waals surface area contributed by atoms with Gasteiger partial charge in [0, 0.05) is 58.5 Å². The van der Waals surface area contributed by atoms with Crippen LogP contribution in [0, 0.1) is 32.5 Å². The molecule has 0 atom stereocenters. The Kier molecular flexibility index (Phi) is 7.73. The van der Waals surface area contributed by atoms with Crippen LogP contribution in [0.1, 0.15) is 33.9 Å². The zero-order chi connectivity index (χ0) is 24.7. The zero-order valence-electron chi connectivity index (χ0n) is 19.2. The van der Waals surface area contributed by atoms with Crippen molar-refractivity contribution < 1.29 is 4.39 Å². The van der Waals surface area contributed by atoms with E-state index in [2.05, 4.69) is 34.4 Å². The van der Waals surface area contributed by atoms with E-state index in [1.54, 1.807) is 42.7 Å². The number of aromatic nitrogens is 4. The molecule has 0 amide bonds. The number of nitrogens with two attached hydrogens (primary N) is 1. The Morgan fingerprint density at radius 2 is 1.94 bits per heavy atom. The van der Waals surface area contributed by atoms with Crippen LogP contribution in [0.4, 0.5) is 10.2 Å². The number of imidazole rings is 1. The normalized spacial score (nSPS) is 10.9. The number of hydrogen-bond acceptors (Lipinski definition) is 4. The van der Waals surface area contributed by atoms with Crippen LogP contribution in [0.25, 0.3) is 16.7 Å². The number of rotatable bonds is 6. The molecule has 0 radical (unpaired) electrons. The lowest BCUT2D eigenvalue weighted by atomic mass is 10.0. The van der Waals surface area contributed by atoms with Gasteiger partial charge in [-0.05, 0) is 37.6 Å². The molecule has 5 nitrogen and oxygen atoms in total. The van der Waals surface area contributed by atoms with Crippen molar-refractivity contribution in [1.29, 1.82) is 0 Å². The summed E-state index contributed by atoms with van der Waals surface area (Å²) in [6, 6.07) is 10.6. The average Bonchev–Trinajstić information content (AvgIpc) is 3.21. The van der Waals surface area contributed by atoms with Crippen molar-refractivity contribution in [2.75, 3.05) is 5.73 Å². The standard InChI is InChI=1S/C26H24FN5.C2H2/c1-4-7-21(20-8-5-6-9-23(20)27)25-17(3)31-24(32-25)13-18-12-19(14-30-26(18)28)22-15-29-11-10-16(22)2;1-2/h4-12,14-15H,1,13H2,2-3H3,(H2,28,30)(H,31,32);1-2H/b21-7-;. The quantitative estimate of drug-likeness (QED) is 0.293. The zero-order valence-corrected chi connectivity index (χ0v) is 19.2. The highest BCUT2D eigenvalue weighted by Gasteiger charge is 2.17. The lowest BCUT2D eigenvalue weighted by Crippen LogP contribution is -2.01. The van der Waals surface area contributed by atoms with Crippen molar-refractivity contribution in [3.8, 4) is 24.0 Å². The van der Waals surface area contributed by atoms with Gasteiger partial charge < -0.3 is 10.7 Å². The molecule has 0 aliphatic rings. The minimum atomic E-state index is -0.308. The molecule has 0 spiro atoms. The summed E-state index contributed by atoms with van der Waals surface area (Å²) >= 11 is 0. The fourth-order valence-electron chi connectivity index (χ4n) is 3.72. The summed E-state index contributed by atoms with van der Waals surface area (Å²) in [7, 11) is 0. The highest BCUT2D eigenvalue weighted by molar-refractivity contribution is 5.80. The molecule has 3 heterocycles. The topological polar surface area (TPSA) is 80.5 Å². The summed E-state index contributed by atoms with van der Waals surface area (Å²) in [6.45, 7) is 7.73. The van der Waals surface area contributed by atoms with Crippen LogP contribution >= 0.6 is 0 Å². The van der Waals surface area contributed by atoms with Crippen molar-refractivity contribution >= 4 is 11.4 Å². The number of aryl methyl sites for hydroxylation is 2. The first-order valence-corrected chi connectivity index (χ1v) is 10.6. The van der Waals surface area contributed by atoms with Crippen LogP contribution < -0.4 is 5.73 Å². The minimum Gasteiger partial charge on any atom is -0.383 e. The van der Waals surface area contributed by atoms with Gasteiger partial charge in [0.2, 0.25) is 0 Å². The molecule has 3 N–H and O–H groups in total. The number of H-pyrrole nitrogens is 1. The molecule has 0 aliphatic heterocycles. The monoisotopic (exact) mass is 451 g/mol. The van der Waals surface area contributed by atoms with E-state index in [-0.39, 0.29) is 5.82 Å². The minimum absolute atomic E-state index is 0.308. The molecular weight excluding hydrogens is 425 g/mol. The number of allylic oxidation sites excluding steroid dienone is 2. The van der Waals surface area contributed by atoms with E-state index >= 15 is 0 Å². The fourth-order valence-corrected chi connectivity index (χ4v) is 3.72. The molecule has 0 unspecified atom stereocenters. The van der Waals surface area contributed by atoms with Crippen LogP contribution in [-0.4, -0.2) is 19.9 Å². The van der Waals surface area contributed by atoms with E-state index in [4.69, 9.17) is 10.7 Å². The summed E-state index contributed by atoms with van der Waals surface area (Å²) < 4.78 is 14.5. The lowest BCUT2D eigenvalue weighted by molar-refractivity contribution is 0.624. The molecule has 1 aromatic carbocycles. The highest BCUT2D eigenvalue weighted by Crippen LogP contribution is 2.29. The van der Waals surface area contributed by atoms with E-state index in [1.165, 1.54) is 6.07 Å². The molecule has 3 aromatic heterocycles. The molecule has 0 saturated heterocycles. The number of hydrogen-bond donors (Lipinski definition) is 2. The number of pyridine rings is 2. The third-order valence-corrected chi connectivity index (χ3v) is 5.35. The van der Waals surface area contributed by atoms with E-state index in [0.29, 0.717) is 29.1 Å². The van der Waals surface area contributed by atoms with Crippen LogP contribution in [-0.2, 0) is 6.42 Å². The lowest BCUT2D eigenvalue weighted by Gasteiger charge is -2.09. The SMILES string of the molecule is C#C.C=C/C=C(/c1ccccc1F)c1nc(Cc2cc(-c3cnccc3C)cnc2N)[nH]c1C. The summed E-state index contributed by atoms with van der Waals surface area (Å²) in [5.74, 6) is 0.858. The summed E-state index contributed by atoms with van der Waals surface area (Å²) in [4.78, 5) is 16.7. The van der Waals surface area contributed by atoms with Gasteiger partial charge in [0.15, 0.2) is 0 Å².